The normalized spacial score (nSPS) is 11.6. The standard InChI is InChI=1S/C11H15NO/c1-2-6-11(12-13)9-10-7-4-3-5-8-10/h3-5,7-8,13H,2,6,9H2,1H3. The third-order valence-electron chi connectivity index (χ3n) is 1.93. The molecule has 0 aliphatic heterocycles. The van der Waals surface area contributed by atoms with E-state index in [0.29, 0.717) is 0 Å². The van der Waals surface area contributed by atoms with E-state index in [1.807, 2.05) is 30.3 Å². The Labute approximate surface area is 78.9 Å². The second-order valence-corrected chi connectivity index (χ2v) is 3.08. The predicted molar refractivity (Wildman–Crippen MR) is 54.3 cm³/mol. The summed E-state index contributed by atoms with van der Waals surface area (Å²) in [6, 6.07) is 10.1. The lowest BCUT2D eigenvalue weighted by Gasteiger charge is -2.02. The summed E-state index contributed by atoms with van der Waals surface area (Å²) in [6.07, 6.45) is 2.64. The first-order valence-corrected chi connectivity index (χ1v) is 4.60. The van der Waals surface area contributed by atoms with Gasteiger partial charge in [-0.2, -0.15) is 0 Å². The second kappa shape index (κ2) is 5.36. The molecule has 0 radical (unpaired) electrons. The van der Waals surface area contributed by atoms with Crippen molar-refractivity contribution >= 4 is 5.71 Å². The van der Waals surface area contributed by atoms with Crippen molar-refractivity contribution in [2.45, 2.75) is 26.2 Å². The van der Waals surface area contributed by atoms with E-state index in [-0.39, 0.29) is 0 Å². The fourth-order valence-electron chi connectivity index (χ4n) is 1.29. The van der Waals surface area contributed by atoms with Crippen LogP contribution in [0.3, 0.4) is 0 Å². The van der Waals surface area contributed by atoms with Gasteiger partial charge in [0.2, 0.25) is 0 Å². The summed E-state index contributed by atoms with van der Waals surface area (Å²) in [6.45, 7) is 2.08. The average molecular weight is 177 g/mol. The summed E-state index contributed by atoms with van der Waals surface area (Å²) in [7, 11) is 0. The first-order valence-electron chi connectivity index (χ1n) is 4.60. The Morgan fingerprint density at radius 2 is 2.00 bits per heavy atom. The number of rotatable bonds is 4. The van der Waals surface area contributed by atoms with Crippen LogP contribution in [0.2, 0.25) is 0 Å². The molecule has 0 aliphatic carbocycles. The van der Waals surface area contributed by atoms with E-state index in [1.54, 1.807) is 0 Å². The Hall–Kier alpha value is -1.31. The van der Waals surface area contributed by atoms with E-state index in [9.17, 15) is 0 Å². The highest BCUT2D eigenvalue weighted by molar-refractivity contribution is 5.85. The molecule has 0 aliphatic rings. The summed E-state index contributed by atoms with van der Waals surface area (Å²) in [5.41, 5.74) is 2.05. The zero-order valence-electron chi connectivity index (χ0n) is 7.90. The number of hydrogen-bond donors (Lipinski definition) is 1. The van der Waals surface area contributed by atoms with Gasteiger partial charge in [0.1, 0.15) is 0 Å². The van der Waals surface area contributed by atoms with Crippen LogP contribution in [0.25, 0.3) is 0 Å². The number of benzene rings is 1. The largest absolute Gasteiger partial charge is 0.411 e. The maximum atomic E-state index is 8.71. The monoisotopic (exact) mass is 177 g/mol. The van der Waals surface area contributed by atoms with Gasteiger partial charge in [-0.3, -0.25) is 0 Å². The molecule has 0 atom stereocenters. The van der Waals surface area contributed by atoms with Crippen molar-refractivity contribution in [3.63, 3.8) is 0 Å². The molecule has 2 nitrogen and oxygen atoms in total. The van der Waals surface area contributed by atoms with Crippen LogP contribution >= 0.6 is 0 Å². The van der Waals surface area contributed by atoms with Crippen molar-refractivity contribution < 1.29 is 5.21 Å². The third kappa shape index (κ3) is 3.28. The van der Waals surface area contributed by atoms with E-state index >= 15 is 0 Å². The molecular weight excluding hydrogens is 162 g/mol. The third-order valence-corrected chi connectivity index (χ3v) is 1.93. The maximum absolute atomic E-state index is 8.71. The van der Waals surface area contributed by atoms with Crippen LogP contribution in [0.5, 0.6) is 0 Å². The van der Waals surface area contributed by atoms with Crippen LogP contribution in [0.15, 0.2) is 35.5 Å². The SMILES string of the molecule is CCCC(Cc1ccccc1)=NO. The first-order chi connectivity index (χ1) is 6.36. The Kier molecular flexibility index (Phi) is 4.03. The average Bonchev–Trinajstić information content (AvgIpc) is 2.19. The van der Waals surface area contributed by atoms with Gasteiger partial charge in [0.15, 0.2) is 0 Å². The molecule has 2 heteroatoms. The second-order valence-electron chi connectivity index (χ2n) is 3.08. The minimum atomic E-state index is 0.755. The fraction of sp³-hybridized carbons (Fsp3) is 0.364. The van der Waals surface area contributed by atoms with Gasteiger partial charge in [-0.05, 0) is 12.0 Å². The Bertz CT molecular complexity index is 267. The van der Waals surface area contributed by atoms with E-state index < -0.39 is 0 Å². The number of nitrogens with zero attached hydrogens (tertiary/aromatic N) is 1. The Morgan fingerprint density at radius 3 is 2.54 bits per heavy atom. The molecule has 1 aromatic carbocycles. The molecule has 1 aromatic rings. The minimum Gasteiger partial charge on any atom is -0.411 e. The highest BCUT2D eigenvalue weighted by Crippen LogP contribution is 2.04. The van der Waals surface area contributed by atoms with Crippen molar-refractivity contribution in [1.82, 2.24) is 0 Å². The predicted octanol–water partition coefficient (Wildman–Crippen LogP) is 2.86. The summed E-state index contributed by atoms with van der Waals surface area (Å²) in [4.78, 5) is 0. The molecule has 0 bridgehead atoms. The summed E-state index contributed by atoms with van der Waals surface area (Å²) in [5.74, 6) is 0. The quantitative estimate of drug-likeness (QED) is 0.428. The van der Waals surface area contributed by atoms with E-state index in [0.717, 1.165) is 25.0 Å². The van der Waals surface area contributed by atoms with Gasteiger partial charge in [-0.15, -0.1) is 0 Å². The van der Waals surface area contributed by atoms with Crippen LogP contribution in [0.4, 0.5) is 0 Å². The van der Waals surface area contributed by atoms with Crippen LogP contribution in [0.1, 0.15) is 25.3 Å². The zero-order chi connectivity index (χ0) is 9.52. The van der Waals surface area contributed by atoms with Crippen LogP contribution < -0.4 is 0 Å². The Morgan fingerprint density at radius 1 is 1.31 bits per heavy atom. The number of hydrogen-bond acceptors (Lipinski definition) is 2. The smallest absolute Gasteiger partial charge is 0.0614 e. The lowest BCUT2D eigenvalue weighted by atomic mass is 10.1. The molecule has 0 saturated heterocycles. The van der Waals surface area contributed by atoms with Crippen molar-refractivity contribution in [2.24, 2.45) is 5.16 Å². The summed E-state index contributed by atoms with van der Waals surface area (Å²) < 4.78 is 0. The van der Waals surface area contributed by atoms with E-state index in [4.69, 9.17) is 5.21 Å². The van der Waals surface area contributed by atoms with Gasteiger partial charge in [0, 0.05) is 6.42 Å². The molecule has 1 rings (SSSR count). The first kappa shape index (κ1) is 9.78. The highest BCUT2D eigenvalue weighted by Gasteiger charge is 1.99. The van der Waals surface area contributed by atoms with Gasteiger partial charge < -0.3 is 5.21 Å². The summed E-state index contributed by atoms with van der Waals surface area (Å²) >= 11 is 0. The van der Waals surface area contributed by atoms with Crippen molar-refractivity contribution in [3.05, 3.63) is 35.9 Å². The topological polar surface area (TPSA) is 32.6 Å². The van der Waals surface area contributed by atoms with Gasteiger partial charge >= 0.3 is 0 Å². The van der Waals surface area contributed by atoms with Crippen LogP contribution in [-0.2, 0) is 6.42 Å². The lowest BCUT2D eigenvalue weighted by molar-refractivity contribution is 0.316. The zero-order valence-corrected chi connectivity index (χ0v) is 7.90. The van der Waals surface area contributed by atoms with Crippen LogP contribution in [-0.4, -0.2) is 10.9 Å². The molecule has 0 aromatic heterocycles. The molecule has 70 valence electrons. The maximum Gasteiger partial charge on any atom is 0.0614 e. The molecule has 0 heterocycles. The molecule has 0 amide bonds. The van der Waals surface area contributed by atoms with Crippen molar-refractivity contribution in [1.29, 1.82) is 0 Å². The fourth-order valence-corrected chi connectivity index (χ4v) is 1.29. The molecular formula is C11H15NO. The molecule has 0 fully saturated rings. The summed E-state index contributed by atoms with van der Waals surface area (Å²) in [5, 5.41) is 12.0. The molecule has 1 N–H and O–H groups in total. The highest BCUT2D eigenvalue weighted by atomic mass is 16.4. The molecule has 13 heavy (non-hydrogen) atoms. The van der Waals surface area contributed by atoms with Gasteiger partial charge in [0.05, 0.1) is 5.71 Å². The van der Waals surface area contributed by atoms with Crippen LogP contribution in [0, 0.1) is 0 Å². The molecule has 0 spiro atoms. The van der Waals surface area contributed by atoms with Crippen molar-refractivity contribution in [2.75, 3.05) is 0 Å². The Balaban J connectivity index is 2.58. The van der Waals surface area contributed by atoms with E-state index in [2.05, 4.69) is 12.1 Å². The molecule has 0 saturated carbocycles. The van der Waals surface area contributed by atoms with Gasteiger partial charge in [0.25, 0.3) is 0 Å². The van der Waals surface area contributed by atoms with Gasteiger partial charge in [-0.25, -0.2) is 0 Å². The minimum absolute atomic E-state index is 0.755. The van der Waals surface area contributed by atoms with Crippen molar-refractivity contribution in [3.8, 4) is 0 Å². The number of oxime groups is 1. The van der Waals surface area contributed by atoms with Gasteiger partial charge in [-0.1, -0.05) is 48.8 Å². The van der Waals surface area contributed by atoms with E-state index in [1.165, 1.54) is 5.56 Å². The lowest BCUT2D eigenvalue weighted by Crippen LogP contribution is -2.02. The molecule has 0 unspecified atom stereocenters.